The summed E-state index contributed by atoms with van der Waals surface area (Å²) in [7, 11) is 1.55. The van der Waals surface area contributed by atoms with Crippen LogP contribution in [0, 0.1) is 5.41 Å². The van der Waals surface area contributed by atoms with Gasteiger partial charge in [0.1, 0.15) is 9.88 Å². The van der Waals surface area contributed by atoms with Crippen LogP contribution in [0.2, 0.25) is 0 Å². The van der Waals surface area contributed by atoms with E-state index >= 15 is 0 Å². The summed E-state index contributed by atoms with van der Waals surface area (Å²) in [6.45, 7) is 6.08. The fourth-order valence-corrected chi connectivity index (χ4v) is 3.87. The van der Waals surface area contributed by atoms with Crippen LogP contribution in [0.15, 0.2) is 0 Å². The monoisotopic (exact) mass is 310 g/mol. The van der Waals surface area contributed by atoms with Crippen LogP contribution in [0.5, 0.6) is 0 Å². The Hall–Kier alpha value is -1.76. The van der Waals surface area contributed by atoms with Gasteiger partial charge < -0.3 is 21.7 Å². The van der Waals surface area contributed by atoms with E-state index in [1.54, 1.807) is 7.05 Å². The van der Waals surface area contributed by atoms with Gasteiger partial charge in [-0.25, -0.2) is 0 Å². The van der Waals surface area contributed by atoms with E-state index in [0.717, 1.165) is 30.9 Å². The van der Waals surface area contributed by atoms with E-state index in [-0.39, 0.29) is 21.9 Å². The Bertz CT molecular complexity index is 580. The Morgan fingerprint density at radius 3 is 2.57 bits per heavy atom. The largest absolute Gasteiger partial charge is 0.397 e. The van der Waals surface area contributed by atoms with Gasteiger partial charge in [0.25, 0.3) is 11.8 Å². The number of piperidine rings is 1. The number of hydrogen-bond acceptors (Lipinski definition) is 5. The van der Waals surface area contributed by atoms with Gasteiger partial charge in [0.2, 0.25) is 0 Å². The molecule has 1 aliphatic heterocycles. The van der Waals surface area contributed by atoms with E-state index < -0.39 is 5.91 Å². The number of nitrogens with one attached hydrogen (secondary N) is 1. The molecule has 0 radical (unpaired) electrons. The second-order valence-electron chi connectivity index (χ2n) is 6.16. The van der Waals surface area contributed by atoms with E-state index in [1.807, 2.05) is 0 Å². The Balaban J connectivity index is 2.49. The number of nitrogen functional groups attached to an aromatic ring is 1. The number of carbonyl (C=O) groups excluding carboxylic acids is 2. The molecule has 2 rings (SSSR count). The van der Waals surface area contributed by atoms with Crippen molar-refractivity contribution in [3.05, 3.63) is 10.4 Å². The van der Waals surface area contributed by atoms with Crippen molar-refractivity contribution >= 4 is 33.8 Å². The van der Waals surface area contributed by atoms with Crippen LogP contribution in [0.1, 0.15) is 46.7 Å². The van der Waals surface area contributed by atoms with E-state index in [1.165, 1.54) is 11.3 Å². The Labute approximate surface area is 128 Å². The molecule has 21 heavy (non-hydrogen) atoms. The summed E-state index contributed by atoms with van der Waals surface area (Å²) < 4.78 is 0. The summed E-state index contributed by atoms with van der Waals surface area (Å²) in [5, 5.41) is 3.33. The maximum Gasteiger partial charge on any atom is 0.260 e. The molecule has 116 valence electrons. The molecule has 6 nitrogen and oxygen atoms in total. The molecule has 0 bridgehead atoms. The van der Waals surface area contributed by atoms with Gasteiger partial charge in [-0.2, -0.15) is 0 Å². The lowest BCUT2D eigenvalue weighted by atomic mass is 9.84. The molecule has 5 N–H and O–H groups in total. The first kappa shape index (κ1) is 15.6. The third-order valence-corrected chi connectivity index (χ3v) is 5.07. The molecule has 0 saturated carbocycles. The van der Waals surface area contributed by atoms with Crippen LogP contribution in [0.3, 0.4) is 0 Å². The number of thiophene rings is 1. The topological polar surface area (TPSA) is 101 Å². The van der Waals surface area contributed by atoms with Crippen LogP contribution < -0.4 is 21.7 Å². The first-order valence-corrected chi connectivity index (χ1v) is 7.77. The van der Waals surface area contributed by atoms with Crippen molar-refractivity contribution in [1.29, 1.82) is 0 Å². The summed E-state index contributed by atoms with van der Waals surface area (Å²) >= 11 is 1.21. The molecule has 0 aliphatic carbocycles. The van der Waals surface area contributed by atoms with Crippen molar-refractivity contribution in [2.24, 2.45) is 11.1 Å². The van der Waals surface area contributed by atoms with Crippen LogP contribution in [-0.2, 0) is 0 Å². The molecule has 0 aromatic carbocycles. The smallest absolute Gasteiger partial charge is 0.260 e. The van der Waals surface area contributed by atoms with Gasteiger partial charge in [0, 0.05) is 20.1 Å². The zero-order valence-corrected chi connectivity index (χ0v) is 13.5. The number of anilines is 2. The summed E-state index contributed by atoms with van der Waals surface area (Å²) in [6.07, 6.45) is 2.19. The highest BCUT2D eigenvalue weighted by molar-refractivity contribution is 7.19. The lowest BCUT2D eigenvalue weighted by molar-refractivity contribution is 0.0964. The second kappa shape index (κ2) is 5.55. The van der Waals surface area contributed by atoms with E-state index in [4.69, 9.17) is 11.5 Å². The fraction of sp³-hybridized carbons (Fsp3) is 0.571. The number of carbonyl (C=O) groups is 2. The molecule has 7 heteroatoms. The number of nitrogens with zero attached hydrogens (tertiary/aromatic N) is 1. The first-order chi connectivity index (χ1) is 9.76. The molecule has 0 atom stereocenters. The predicted molar refractivity (Wildman–Crippen MR) is 85.9 cm³/mol. The number of nitrogens with two attached hydrogens (primary N) is 2. The van der Waals surface area contributed by atoms with Gasteiger partial charge >= 0.3 is 0 Å². The predicted octanol–water partition coefficient (Wildman–Crippen LogP) is 1.42. The summed E-state index contributed by atoms with van der Waals surface area (Å²) in [4.78, 5) is 26.0. The van der Waals surface area contributed by atoms with Gasteiger partial charge in [-0.15, -0.1) is 11.3 Å². The molecule has 0 spiro atoms. The number of amides is 2. The minimum absolute atomic E-state index is 0.170. The van der Waals surface area contributed by atoms with Crippen molar-refractivity contribution < 1.29 is 9.59 Å². The number of primary amides is 1. The zero-order chi connectivity index (χ0) is 15.8. The molecule has 1 saturated heterocycles. The Kier molecular flexibility index (Phi) is 4.13. The third-order valence-electron chi connectivity index (χ3n) is 3.79. The summed E-state index contributed by atoms with van der Waals surface area (Å²) in [5.74, 6) is -0.875. The van der Waals surface area contributed by atoms with Gasteiger partial charge in [-0.1, -0.05) is 13.8 Å². The van der Waals surface area contributed by atoms with Crippen molar-refractivity contribution in [3.8, 4) is 0 Å². The third kappa shape index (κ3) is 2.97. The second-order valence-corrected chi connectivity index (χ2v) is 7.16. The normalized spacial score (nSPS) is 17.6. The molecular formula is C14H22N4O2S. The van der Waals surface area contributed by atoms with Gasteiger partial charge in [-0.05, 0) is 18.3 Å². The maximum absolute atomic E-state index is 12.1. The highest BCUT2D eigenvalue weighted by Gasteiger charge is 2.32. The molecular weight excluding hydrogens is 288 g/mol. The van der Waals surface area contributed by atoms with Crippen LogP contribution >= 0.6 is 11.3 Å². The van der Waals surface area contributed by atoms with E-state index in [2.05, 4.69) is 24.1 Å². The minimum Gasteiger partial charge on any atom is -0.397 e. The zero-order valence-electron chi connectivity index (χ0n) is 12.7. The van der Waals surface area contributed by atoms with Crippen LogP contribution in [-0.4, -0.2) is 32.0 Å². The van der Waals surface area contributed by atoms with Crippen LogP contribution in [0.4, 0.5) is 10.7 Å². The van der Waals surface area contributed by atoms with Crippen molar-refractivity contribution in [2.45, 2.75) is 26.7 Å². The average molecular weight is 310 g/mol. The molecule has 1 aliphatic rings. The van der Waals surface area contributed by atoms with Crippen molar-refractivity contribution in [2.75, 3.05) is 30.8 Å². The first-order valence-electron chi connectivity index (χ1n) is 6.96. The lowest BCUT2D eigenvalue weighted by Crippen LogP contribution is -2.40. The summed E-state index contributed by atoms with van der Waals surface area (Å²) in [6, 6.07) is 0. The number of rotatable bonds is 3. The minimum atomic E-state index is -0.592. The van der Waals surface area contributed by atoms with Crippen molar-refractivity contribution in [3.63, 3.8) is 0 Å². The lowest BCUT2D eigenvalue weighted by Gasteiger charge is -2.39. The van der Waals surface area contributed by atoms with Crippen LogP contribution in [0.25, 0.3) is 0 Å². The van der Waals surface area contributed by atoms with Crippen molar-refractivity contribution in [1.82, 2.24) is 5.32 Å². The Morgan fingerprint density at radius 2 is 2.05 bits per heavy atom. The molecule has 2 heterocycles. The quantitative estimate of drug-likeness (QED) is 0.785. The standard InChI is InChI=1S/C14H22N4O2S/c1-14(2)5-4-6-18(7-14)13-8(12(20)17-3)9(15)10(21-13)11(16)19/h4-7,15H2,1-3H3,(H2,16,19)(H,17,20). The fourth-order valence-electron chi connectivity index (χ4n) is 2.78. The van der Waals surface area contributed by atoms with Gasteiger partial charge in [0.05, 0.1) is 11.3 Å². The highest BCUT2D eigenvalue weighted by Crippen LogP contribution is 2.41. The highest BCUT2D eigenvalue weighted by atomic mass is 32.1. The summed E-state index contributed by atoms with van der Waals surface area (Å²) in [5.41, 5.74) is 12.1. The SMILES string of the molecule is CNC(=O)c1c(N2CCCC(C)(C)C2)sc(C(N)=O)c1N. The van der Waals surface area contributed by atoms with Gasteiger partial charge in [0.15, 0.2) is 0 Å². The average Bonchev–Trinajstić information content (AvgIpc) is 2.74. The van der Waals surface area contributed by atoms with Gasteiger partial charge in [-0.3, -0.25) is 9.59 Å². The van der Waals surface area contributed by atoms with E-state index in [0.29, 0.717) is 5.56 Å². The van der Waals surface area contributed by atoms with E-state index in [9.17, 15) is 9.59 Å². The molecule has 2 amide bonds. The maximum atomic E-state index is 12.1. The molecule has 1 aromatic rings. The molecule has 0 unspecified atom stereocenters. The Morgan fingerprint density at radius 1 is 1.38 bits per heavy atom. The molecule has 1 fully saturated rings. The number of hydrogen-bond donors (Lipinski definition) is 3. The molecule has 1 aromatic heterocycles.